The summed E-state index contributed by atoms with van der Waals surface area (Å²) in [5.41, 5.74) is 1.11. The molecule has 3 rings (SSSR count). The van der Waals surface area contributed by atoms with Crippen molar-refractivity contribution < 1.29 is 9.21 Å². The molecule has 5 nitrogen and oxygen atoms in total. The van der Waals surface area contributed by atoms with Crippen molar-refractivity contribution in [1.29, 1.82) is 0 Å². The van der Waals surface area contributed by atoms with Gasteiger partial charge in [0.05, 0.1) is 12.3 Å². The first-order valence-electron chi connectivity index (χ1n) is 9.26. The smallest absolute Gasteiger partial charge is 0.314 e. The van der Waals surface area contributed by atoms with Crippen LogP contribution >= 0.6 is 11.6 Å². The van der Waals surface area contributed by atoms with Crippen LogP contribution in [0.4, 0.5) is 4.79 Å². The summed E-state index contributed by atoms with van der Waals surface area (Å²) in [4.78, 5) is 14.6. The molecule has 2 amide bonds. The average molecular weight is 376 g/mol. The Morgan fingerprint density at radius 2 is 2.00 bits per heavy atom. The number of furan rings is 1. The van der Waals surface area contributed by atoms with Gasteiger partial charge in [0.1, 0.15) is 5.76 Å². The quantitative estimate of drug-likeness (QED) is 0.769. The van der Waals surface area contributed by atoms with Crippen LogP contribution in [0.25, 0.3) is 0 Å². The maximum Gasteiger partial charge on any atom is 0.314 e. The highest BCUT2D eigenvalue weighted by molar-refractivity contribution is 6.30. The van der Waals surface area contributed by atoms with Crippen molar-refractivity contribution >= 4 is 17.6 Å². The number of hydrogen-bond donors (Lipinski definition) is 2. The van der Waals surface area contributed by atoms with E-state index in [2.05, 4.69) is 15.5 Å². The number of benzene rings is 1. The largest absolute Gasteiger partial charge is 0.468 e. The number of halogens is 1. The number of carbonyl (C=O) groups excluding carboxylic acids is 1. The summed E-state index contributed by atoms with van der Waals surface area (Å²) in [5.74, 6) is 0.908. The van der Waals surface area contributed by atoms with Crippen LogP contribution in [0.5, 0.6) is 0 Å². The van der Waals surface area contributed by atoms with Crippen LogP contribution in [0.1, 0.15) is 36.6 Å². The van der Waals surface area contributed by atoms with Crippen LogP contribution < -0.4 is 10.6 Å². The minimum atomic E-state index is -0.152. The SMILES string of the molecule is O=C(NCCc1cccc(Cl)c1)NCC(c1ccco1)N1CCCCC1. The number of urea groups is 1. The highest BCUT2D eigenvalue weighted by Gasteiger charge is 2.24. The van der Waals surface area contributed by atoms with E-state index in [9.17, 15) is 4.79 Å². The molecule has 26 heavy (non-hydrogen) atoms. The van der Waals surface area contributed by atoms with Crippen LogP contribution in [-0.2, 0) is 6.42 Å². The minimum Gasteiger partial charge on any atom is -0.468 e. The van der Waals surface area contributed by atoms with Crippen LogP contribution in [0.15, 0.2) is 47.1 Å². The first kappa shape index (κ1) is 18.8. The molecule has 1 aliphatic heterocycles. The predicted molar refractivity (Wildman–Crippen MR) is 103 cm³/mol. The summed E-state index contributed by atoms with van der Waals surface area (Å²) < 4.78 is 5.61. The normalized spacial score (nSPS) is 16.2. The van der Waals surface area contributed by atoms with E-state index in [1.807, 2.05) is 36.4 Å². The topological polar surface area (TPSA) is 57.5 Å². The van der Waals surface area contributed by atoms with Gasteiger partial charge in [-0.3, -0.25) is 4.90 Å². The number of piperidine rings is 1. The van der Waals surface area contributed by atoms with Gasteiger partial charge in [-0.25, -0.2) is 4.79 Å². The number of rotatable bonds is 7. The summed E-state index contributed by atoms with van der Waals surface area (Å²) in [6.45, 7) is 3.20. The fourth-order valence-corrected chi connectivity index (χ4v) is 3.60. The molecule has 1 unspecified atom stereocenters. The molecule has 0 saturated carbocycles. The third-order valence-electron chi connectivity index (χ3n) is 4.75. The van der Waals surface area contributed by atoms with Gasteiger partial charge in [0.15, 0.2) is 0 Å². The Labute approximate surface area is 159 Å². The van der Waals surface area contributed by atoms with Crippen LogP contribution in [-0.4, -0.2) is 37.1 Å². The molecule has 2 N–H and O–H groups in total. The van der Waals surface area contributed by atoms with Crippen molar-refractivity contribution in [2.24, 2.45) is 0 Å². The van der Waals surface area contributed by atoms with Crippen molar-refractivity contribution in [2.45, 2.75) is 31.7 Å². The van der Waals surface area contributed by atoms with Gasteiger partial charge in [-0.1, -0.05) is 30.2 Å². The molecule has 1 saturated heterocycles. The van der Waals surface area contributed by atoms with Crippen LogP contribution in [0.3, 0.4) is 0 Å². The molecule has 1 aliphatic rings. The maximum absolute atomic E-state index is 12.2. The molecule has 0 spiro atoms. The van der Waals surface area contributed by atoms with Gasteiger partial charge in [-0.05, 0) is 62.2 Å². The Balaban J connectivity index is 1.46. The summed E-state index contributed by atoms with van der Waals surface area (Å²) in [6.07, 6.45) is 6.12. The van der Waals surface area contributed by atoms with E-state index in [4.69, 9.17) is 16.0 Å². The Bertz CT molecular complexity index is 684. The summed E-state index contributed by atoms with van der Waals surface area (Å²) in [5, 5.41) is 6.62. The lowest BCUT2D eigenvalue weighted by Crippen LogP contribution is -2.44. The molecule has 0 radical (unpaired) electrons. The molecule has 1 atom stereocenters. The Hall–Kier alpha value is -1.98. The Morgan fingerprint density at radius 1 is 1.15 bits per heavy atom. The highest BCUT2D eigenvalue weighted by Crippen LogP contribution is 2.24. The second-order valence-corrected chi connectivity index (χ2v) is 7.08. The molecule has 140 valence electrons. The van der Waals surface area contributed by atoms with E-state index in [1.165, 1.54) is 19.3 Å². The van der Waals surface area contributed by atoms with Gasteiger partial charge in [-0.2, -0.15) is 0 Å². The van der Waals surface area contributed by atoms with Crippen molar-refractivity contribution in [3.8, 4) is 0 Å². The molecule has 2 aromatic rings. The zero-order valence-corrected chi connectivity index (χ0v) is 15.7. The van der Waals surface area contributed by atoms with Crippen molar-refractivity contribution in [3.63, 3.8) is 0 Å². The van der Waals surface area contributed by atoms with Crippen molar-refractivity contribution in [2.75, 3.05) is 26.2 Å². The molecular formula is C20H26ClN3O2. The molecule has 0 bridgehead atoms. The predicted octanol–water partition coefficient (Wildman–Crippen LogP) is 4.00. The van der Waals surface area contributed by atoms with Gasteiger partial charge < -0.3 is 15.1 Å². The van der Waals surface area contributed by atoms with Gasteiger partial charge >= 0.3 is 6.03 Å². The highest BCUT2D eigenvalue weighted by atomic mass is 35.5. The summed E-state index contributed by atoms with van der Waals surface area (Å²) in [6, 6.07) is 11.5. The second kappa shape index (κ2) is 9.64. The van der Waals surface area contributed by atoms with E-state index in [-0.39, 0.29) is 12.1 Å². The standard InChI is InChI=1S/C20H26ClN3O2/c21-17-7-4-6-16(14-17)9-10-22-20(25)23-15-18(19-8-5-13-26-19)24-11-2-1-3-12-24/h4-8,13-14,18H,1-3,9-12,15H2,(H2,22,23,25). The first-order chi connectivity index (χ1) is 12.7. The van der Waals surface area contributed by atoms with Crippen LogP contribution in [0.2, 0.25) is 5.02 Å². The van der Waals surface area contributed by atoms with Gasteiger partial charge in [-0.15, -0.1) is 0 Å². The van der Waals surface area contributed by atoms with E-state index < -0.39 is 0 Å². The molecule has 1 aromatic carbocycles. The lowest BCUT2D eigenvalue weighted by Gasteiger charge is -2.33. The number of nitrogens with one attached hydrogen (secondary N) is 2. The monoisotopic (exact) mass is 375 g/mol. The summed E-state index contributed by atoms with van der Waals surface area (Å²) in [7, 11) is 0. The summed E-state index contributed by atoms with van der Waals surface area (Å²) >= 11 is 5.98. The van der Waals surface area contributed by atoms with Gasteiger partial charge in [0.25, 0.3) is 0 Å². The zero-order chi connectivity index (χ0) is 18.2. The fourth-order valence-electron chi connectivity index (χ4n) is 3.39. The fraction of sp³-hybridized carbons (Fsp3) is 0.450. The van der Waals surface area contributed by atoms with Gasteiger partial charge in [0, 0.05) is 18.1 Å². The van der Waals surface area contributed by atoms with E-state index in [0.29, 0.717) is 13.1 Å². The Kier molecular flexibility index (Phi) is 6.97. The second-order valence-electron chi connectivity index (χ2n) is 6.64. The third-order valence-corrected chi connectivity index (χ3v) is 4.98. The molecule has 2 heterocycles. The number of hydrogen-bond acceptors (Lipinski definition) is 3. The molecule has 1 aromatic heterocycles. The van der Waals surface area contributed by atoms with Crippen LogP contribution in [0, 0.1) is 0 Å². The van der Waals surface area contributed by atoms with E-state index >= 15 is 0 Å². The number of nitrogens with zero attached hydrogens (tertiary/aromatic N) is 1. The van der Waals surface area contributed by atoms with Gasteiger partial charge in [0.2, 0.25) is 0 Å². The molecule has 6 heteroatoms. The average Bonchev–Trinajstić information content (AvgIpc) is 3.17. The number of amides is 2. The zero-order valence-electron chi connectivity index (χ0n) is 14.9. The van der Waals surface area contributed by atoms with Crippen molar-refractivity contribution in [3.05, 3.63) is 59.0 Å². The third kappa shape index (κ3) is 5.51. The maximum atomic E-state index is 12.2. The molecule has 1 fully saturated rings. The lowest BCUT2D eigenvalue weighted by molar-refractivity contribution is 0.143. The van der Waals surface area contributed by atoms with E-state index in [0.717, 1.165) is 35.9 Å². The minimum absolute atomic E-state index is 0.0870. The first-order valence-corrected chi connectivity index (χ1v) is 9.64. The molecular weight excluding hydrogens is 350 g/mol. The number of likely N-dealkylation sites (tertiary alicyclic amines) is 1. The Morgan fingerprint density at radius 3 is 2.73 bits per heavy atom. The van der Waals surface area contributed by atoms with E-state index in [1.54, 1.807) is 6.26 Å². The lowest BCUT2D eigenvalue weighted by atomic mass is 10.1. The van der Waals surface area contributed by atoms with Crippen molar-refractivity contribution in [1.82, 2.24) is 15.5 Å². The molecule has 0 aliphatic carbocycles. The number of carbonyl (C=O) groups is 1.